The molecule has 1 aliphatic carbocycles. The van der Waals surface area contributed by atoms with Gasteiger partial charge in [0.15, 0.2) is 0 Å². The number of carbonyl (C=O) groups is 1. The molecule has 24 heavy (non-hydrogen) atoms. The highest BCUT2D eigenvalue weighted by Gasteiger charge is 2.25. The second-order valence-electron chi connectivity index (χ2n) is 6.16. The summed E-state index contributed by atoms with van der Waals surface area (Å²) in [6.45, 7) is 3.28. The molecule has 0 saturated heterocycles. The van der Waals surface area contributed by atoms with Gasteiger partial charge in [-0.25, -0.2) is 0 Å². The van der Waals surface area contributed by atoms with Crippen LogP contribution >= 0.6 is 11.6 Å². The summed E-state index contributed by atoms with van der Waals surface area (Å²) in [5.74, 6) is 0.823. The highest BCUT2D eigenvalue weighted by Crippen LogP contribution is 2.31. The molecule has 1 aromatic rings. The largest absolute Gasteiger partial charge is 0.496 e. The van der Waals surface area contributed by atoms with Crippen LogP contribution in [0.25, 0.3) is 0 Å². The minimum absolute atomic E-state index is 0.213. The topological polar surface area (TPSA) is 73.6 Å². The molecule has 2 rings (SSSR count). The van der Waals surface area contributed by atoms with Crippen molar-refractivity contribution in [1.29, 1.82) is 0 Å². The summed E-state index contributed by atoms with van der Waals surface area (Å²) in [4.78, 5) is 12.4. The lowest BCUT2D eigenvalue weighted by Crippen LogP contribution is -2.31. The lowest BCUT2D eigenvalue weighted by molar-refractivity contribution is 0.0163. The van der Waals surface area contributed by atoms with E-state index >= 15 is 0 Å². The zero-order chi connectivity index (χ0) is 17.5. The molecule has 0 radical (unpaired) electrons. The van der Waals surface area contributed by atoms with Crippen LogP contribution in [0.2, 0.25) is 5.02 Å². The third-order valence-corrected chi connectivity index (χ3v) is 4.91. The van der Waals surface area contributed by atoms with E-state index in [1.807, 2.05) is 6.92 Å². The van der Waals surface area contributed by atoms with Gasteiger partial charge in [-0.1, -0.05) is 24.4 Å². The standard InChI is InChI=1S/C18H27ClN2O3/c1-3-24-16(12-6-4-5-7-12)8-9-21-18(22)13-10-14(19)15(20)11-17(13)23-2/h10-12,16H,3-9,20H2,1-2H3,(H,21,22). The molecule has 1 aromatic carbocycles. The Morgan fingerprint density at radius 1 is 1.42 bits per heavy atom. The Kier molecular flexibility index (Phi) is 7.18. The van der Waals surface area contributed by atoms with Crippen LogP contribution in [0.4, 0.5) is 5.69 Å². The molecule has 0 bridgehead atoms. The van der Waals surface area contributed by atoms with Crippen molar-refractivity contribution in [3.8, 4) is 5.75 Å². The fraction of sp³-hybridized carbons (Fsp3) is 0.611. The lowest BCUT2D eigenvalue weighted by Gasteiger charge is -2.23. The smallest absolute Gasteiger partial charge is 0.255 e. The highest BCUT2D eigenvalue weighted by molar-refractivity contribution is 6.33. The van der Waals surface area contributed by atoms with Crippen LogP contribution in [0.1, 0.15) is 49.4 Å². The molecule has 1 amide bonds. The monoisotopic (exact) mass is 354 g/mol. The Balaban J connectivity index is 1.93. The number of hydrogen-bond acceptors (Lipinski definition) is 4. The van der Waals surface area contributed by atoms with E-state index in [4.69, 9.17) is 26.8 Å². The Bertz CT molecular complexity index is 559. The third-order valence-electron chi connectivity index (χ3n) is 4.58. The molecule has 134 valence electrons. The van der Waals surface area contributed by atoms with E-state index in [1.54, 1.807) is 12.1 Å². The fourth-order valence-electron chi connectivity index (χ4n) is 3.34. The first kappa shape index (κ1) is 18.9. The van der Waals surface area contributed by atoms with Crippen molar-refractivity contribution >= 4 is 23.2 Å². The van der Waals surface area contributed by atoms with E-state index < -0.39 is 0 Å². The van der Waals surface area contributed by atoms with Crippen molar-refractivity contribution in [2.24, 2.45) is 5.92 Å². The summed E-state index contributed by atoms with van der Waals surface area (Å²) in [6.07, 6.45) is 6.04. The van der Waals surface area contributed by atoms with Gasteiger partial charge in [-0.15, -0.1) is 0 Å². The number of ether oxygens (including phenoxy) is 2. The number of hydrogen-bond donors (Lipinski definition) is 2. The molecule has 0 spiro atoms. The summed E-state index contributed by atoms with van der Waals surface area (Å²) in [7, 11) is 1.50. The van der Waals surface area contributed by atoms with Crippen molar-refractivity contribution in [3.05, 3.63) is 22.7 Å². The molecular formula is C18H27ClN2O3. The summed E-state index contributed by atoms with van der Waals surface area (Å²) in [6, 6.07) is 3.11. The SMILES string of the molecule is CCOC(CCNC(=O)c1cc(Cl)c(N)cc1OC)C1CCCC1. The molecule has 3 N–H and O–H groups in total. The quantitative estimate of drug-likeness (QED) is 0.699. The van der Waals surface area contributed by atoms with Crippen molar-refractivity contribution in [2.45, 2.75) is 45.1 Å². The second-order valence-corrected chi connectivity index (χ2v) is 6.56. The van der Waals surface area contributed by atoms with E-state index in [0.29, 0.717) is 41.1 Å². The number of nitrogens with two attached hydrogens (primary N) is 1. The van der Waals surface area contributed by atoms with Crippen LogP contribution in [0, 0.1) is 5.92 Å². The van der Waals surface area contributed by atoms with Gasteiger partial charge in [-0.05, 0) is 38.2 Å². The minimum atomic E-state index is -0.213. The lowest BCUT2D eigenvalue weighted by atomic mass is 9.98. The molecule has 1 unspecified atom stereocenters. The maximum Gasteiger partial charge on any atom is 0.255 e. The van der Waals surface area contributed by atoms with Crippen molar-refractivity contribution in [2.75, 3.05) is 26.0 Å². The van der Waals surface area contributed by atoms with Gasteiger partial charge < -0.3 is 20.5 Å². The van der Waals surface area contributed by atoms with Gasteiger partial charge in [0.25, 0.3) is 5.91 Å². The summed E-state index contributed by atoms with van der Waals surface area (Å²) in [5, 5.41) is 3.28. The molecule has 1 saturated carbocycles. The molecule has 0 aromatic heterocycles. The average Bonchev–Trinajstić information content (AvgIpc) is 3.10. The van der Waals surface area contributed by atoms with Crippen molar-refractivity contribution in [3.63, 3.8) is 0 Å². The van der Waals surface area contributed by atoms with Crippen LogP contribution in [0.3, 0.4) is 0 Å². The van der Waals surface area contributed by atoms with E-state index in [2.05, 4.69) is 5.32 Å². The maximum absolute atomic E-state index is 12.4. The van der Waals surface area contributed by atoms with Gasteiger partial charge in [0, 0.05) is 19.2 Å². The highest BCUT2D eigenvalue weighted by atomic mass is 35.5. The molecular weight excluding hydrogens is 328 g/mol. The first-order valence-corrected chi connectivity index (χ1v) is 8.97. The van der Waals surface area contributed by atoms with Crippen LogP contribution in [0.15, 0.2) is 12.1 Å². The number of benzene rings is 1. The summed E-state index contributed by atoms with van der Waals surface area (Å²) in [5.41, 5.74) is 6.53. The number of methoxy groups -OCH3 is 1. The van der Waals surface area contributed by atoms with Gasteiger partial charge in [0.05, 0.1) is 29.5 Å². The third kappa shape index (κ3) is 4.77. The molecule has 0 aliphatic heterocycles. The number of halogens is 1. The van der Waals surface area contributed by atoms with Crippen molar-refractivity contribution < 1.29 is 14.3 Å². The molecule has 5 nitrogen and oxygen atoms in total. The van der Waals surface area contributed by atoms with Crippen LogP contribution in [-0.4, -0.2) is 32.3 Å². The van der Waals surface area contributed by atoms with Gasteiger partial charge in [-0.3, -0.25) is 4.79 Å². The number of amides is 1. The van der Waals surface area contributed by atoms with Crippen LogP contribution < -0.4 is 15.8 Å². The second kappa shape index (κ2) is 9.14. The summed E-state index contributed by atoms with van der Waals surface area (Å²) < 4.78 is 11.1. The summed E-state index contributed by atoms with van der Waals surface area (Å²) >= 11 is 6.02. The van der Waals surface area contributed by atoms with Gasteiger partial charge >= 0.3 is 0 Å². The van der Waals surface area contributed by atoms with Crippen LogP contribution in [-0.2, 0) is 4.74 Å². The number of carbonyl (C=O) groups excluding carboxylic acids is 1. The van der Waals surface area contributed by atoms with Gasteiger partial charge in [-0.2, -0.15) is 0 Å². The Morgan fingerprint density at radius 2 is 2.12 bits per heavy atom. The van der Waals surface area contributed by atoms with E-state index in [-0.39, 0.29) is 12.0 Å². The zero-order valence-electron chi connectivity index (χ0n) is 14.4. The number of nitrogens with one attached hydrogen (secondary N) is 1. The first-order chi connectivity index (χ1) is 11.6. The predicted molar refractivity (Wildman–Crippen MR) is 96.7 cm³/mol. The van der Waals surface area contributed by atoms with E-state index in [0.717, 1.165) is 6.42 Å². The number of anilines is 1. The van der Waals surface area contributed by atoms with E-state index in [9.17, 15) is 4.79 Å². The molecule has 1 fully saturated rings. The fourth-order valence-corrected chi connectivity index (χ4v) is 3.50. The molecule has 1 aliphatic rings. The van der Waals surface area contributed by atoms with Crippen LogP contribution in [0.5, 0.6) is 5.75 Å². The Labute approximate surface area is 148 Å². The number of nitrogen functional groups attached to an aromatic ring is 1. The van der Waals surface area contributed by atoms with E-state index in [1.165, 1.54) is 32.8 Å². The van der Waals surface area contributed by atoms with Gasteiger partial charge in [0.1, 0.15) is 5.75 Å². The number of rotatable bonds is 8. The minimum Gasteiger partial charge on any atom is -0.496 e. The molecule has 6 heteroatoms. The average molecular weight is 355 g/mol. The normalized spacial score (nSPS) is 16.1. The molecule has 0 heterocycles. The zero-order valence-corrected chi connectivity index (χ0v) is 15.2. The predicted octanol–water partition coefficient (Wildman–Crippen LogP) is 3.65. The Hall–Kier alpha value is -1.46. The Morgan fingerprint density at radius 3 is 2.75 bits per heavy atom. The maximum atomic E-state index is 12.4. The molecule has 1 atom stereocenters. The first-order valence-electron chi connectivity index (χ1n) is 8.59. The van der Waals surface area contributed by atoms with Gasteiger partial charge in [0.2, 0.25) is 0 Å². The van der Waals surface area contributed by atoms with Crippen molar-refractivity contribution in [1.82, 2.24) is 5.32 Å².